The summed E-state index contributed by atoms with van der Waals surface area (Å²) in [6, 6.07) is 9.19. The van der Waals surface area contributed by atoms with Crippen LogP contribution < -0.4 is 10.1 Å². The Balaban J connectivity index is 1.43. The maximum Gasteiger partial charge on any atom is 0.123 e. The second kappa shape index (κ2) is 5.93. The fourth-order valence-electron chi connectivity index (χ4n) is 3.06. The van der Waals surface area contributed by atoms with Gasteiger partial charge >= 0.3 is 0 Å². The van der Waals surface area contributed by atoms with Gasteiger partial charge in [-0.3, -0.25) is 0 Å². The van der Waals surface area contributed by atoms with Crippen LogP contribution in [0.3, 0.4) is 0 Å². The van der Waals surface area contributed by atoms with Crippen LogP contribution >= 0.6 is 0 Å². The second-order valence-electron chi connectivity index (χ2n) is 5.82. The number of benzene rings is 1. The van der Waals surface area contributed by atoms with Crippen molar-refractivity contribution in [3.63, 3.8) is 0 Å². The van der Waals surface area contributed by atoms with Gasteiger partial charge in [-0.05, 0) is 44.3 Å². The van der Waals surface area contributed by atoms with Gasteiger partial charge in [-0.15, -0.1) is 0 Å². The molecule has 1 atom stereocenters. The lowest BCUT2D eigenvalue weighted by atomic mass is 10.1. The van der Waals surface area contributed by atoms with E-state index in [0.717, 1.165) is 30.8 Å². The molecule has 3 nitrogen and oxygen atoms in total. The number of likely N-dealkylation sites (tertiary alicyclic amines) is 1. The van der Waals surface area contributed by atoms with Gasteiger partial charge in [0, 0.05) is 24.7 Å². The Hall–Kier alpha value is -1.06. The van der Waals surface area contributed by atoms with E-state index in [1.165, 1.54) is 37.9 Å². The van der Waals surface area contributed by atoms with Crippen LogP contribution in [0.25, 0.3) is 0 Å². The van der Waals surface area contributed by atoms with Gasteiger partial charge in [0.15, 0.2) is 0 Å². The molecule has 1 saturated heterocycles. The third-order valence-electron chi connectivity index (χ3n) is 4.32. The smallest absolute Gasteiger partial charge is 0.123 e. The van der Waals surface area contributed by atoms with E-state index in [2.05, 4.69) is 22.3 Å². The van der Waals surface area contributed by atoms with Crippen molar-refractivity contribution in [2.45, 2.75) is 31.8 Å². The molecule has 0 aromatic heterocycles. The van der Waals surface area contributed by atoms with Crippen LogP contribution in [0.5, 0.6) is 5.75 Å². The third-order valence-corrected chi connectivity index (χ3v) is 4.32. The van der Waals surface area contributed by atoms with Gasteiger partial charge in [0.1, 0.15) is 5.75 Å². The van der Waals surface area contributed by atoms with Gasteiger partial charge < -0.3 is 15.0 Å². The topological polar surface area (TPSA) is 24.5 Å². The summed E-state index contributed by atoms with van der Waals surface area (Å²) in [4.78, 5) is 2.68. The van der Waals surface area contributed by atoms with Crippen LogP contribution in [0, 0.1) is 5.92 Å². The van der Waals surface area contributed by atoms with Gasteiger partial charge in [0.25, 0.3) is 0 Å². The van der Waals surface area contributed by atoms with Crippen molar-refractivity contribution in [1.29, 1.82) is 0 Å². The summed E-state index contributed by atoms with van der Waals surface area (Å²) in [5.41, 5.74) is 1.25. The van der Waals surface area contributed by atoms with Crippen molar-refractivity contribution in [3.05, 3.63) is 29.8 Å². The Morgan fingerprint density at radius 3 is 2.89 bits per heavy atom. The van der Waals surface area contributed by atoms with Crippen LogP contribution in [0.1, 0.15) is 24.8 Å². The van der Waals surface area contributed by atoms with Gasteiger partial charge in [-0.1, -0.05) is 18.2 Å². The van der Waals surface area contributed by atoms with E-state index in [4.69, 9.17) is 4.74 Å². The first-order valence-electron chi connectivity index (χ1n) is 7.43. The highest BCUT2D eigenvalue weighted by molar-refractivity contribution is 5.32. The lowest BCUT2D eigenvalue weighted by molar-refractivity contribution is 0.311. The van der Waals surface area contributed by atoms with Gasteiger partial charge in [0.05, 0.1) is 7.11 Å². The van der Waals surface area contributed by atoms with Crippen LogP contribution in [-0.2, 0) is 6.54 Å². The molecular weight excluding hydrogens is 236 g/mol. The van der Waals surface area contributed by atoms with E-state index in [0.29, 0.717) is 0 Å². The zero-order chi connectivity index (χ0) is 13.1. The minimum Gasteiger partial charge on any atom is -0.496 e. The molecule has 1 heterocycles. The normalized spacial score (nSPS) is 23.7. The van der Waals surface area contributed by atoms with E-state index in [1.54, 1.807) is 7.11 Å². The molecular formula is C16H24N2O. The molecule has 0 unspecified atom stereocenters. The second-order valence-corrected chi connectivity index (χ2v) is 5.82. The Bertz CT molecular complexity index is 417. The lowest BCUT2D eigenvalue weighted by Gasteiger charge is -2.15. The predicted octanol–water partition coefficient (Wildman–Crippen LogP) is 2.27. The molecule has 104 valence electrons. The fourth-order valence-corrected chi connectivity index (χ4v) is 3.06. The number of para-hydroxylation sites is 1. The molecule has 1 saturated carbocycles. The Labute approximate surface area is 115 Å². The molecule has 1 aliphatic heterocycles. The van der Waals surface area contributed by atoms with Crippen molar-refractivity contribution in [2.75, 3.05) is 26.7 Å². The van der Waals surface area contributed by atoms with Crippen LogP contribution in [0.15, 0.2) is 24.3 Å². The van der Waals surface area contributed by atoms with Crippen LogP contribution in [0.2, 0.25) is 0 Å². The maximum atomic E-state index is 5.38. The summed E-state index contributed by atoms with van der Waals surface area (Å²) in [5, 5.41) is 3.59. The Morgan fingerprint density at radius 1 is 1.26 bits per heavy atom. The zero-order valence-corrected chi connectivity index (χ0v) is 11.8. The largest absolute Gasteiger partial charge is 0.496 e. The number of ether oxygens (including phenoxy) is 1. The molecule has 3 rings (SSSR count). The van der Waals surface area contributed by atoms with E-state index < -0.39 is 0 Å². The lowest BCUT2D eigenvalue weighted by Crippen LogP contribution is -2.27. The summed E-state index contributed by atoms with van der Waals surface area (Å²) in [6.07, 6.45) is 4.22. The molecule has 0 bridgehead atoms. The molecule has 0 spiro atoms. The van der Waals surface area contributed by atoms with Crippen molar-refractivity contribution < 1.29 is 4.74 Å². The monoisotopic (exact) mass is 260 g/mol. The first-order chi connectivity index (χ1) is 9.36. The number of hydrogen-bond acceptors (Lipinski definition) is 3. The first kappa shape index (κ1) is 12.9. The van der Waals surface area contributed by atoms with Crippen LogP contribution in [0.4, 0.5) is 0 Å². The maximum absolute atomic E-state index is 5.38. The summed E-state index contributed by atoms with van der Waals surface area (Å²) in [6.45, 7) is 4.64. The number of methoxy groups -OCH3 is 1. The minimum absolute atomic E-state index is 0.829. The standard InChI is InChI=1S/C16H24N2O/c1-19-16-5-3-2-4-14(16)11-17-10-13-8-9-18(12-13)15-6-7-15/h2-5,13,15,17H,6-12H2,1H3/t13-/m0/s1. The zero-order valence-electron chi connectivity index (χ0n) is 11.8. The Morgan fingerprint density at radius 2 is 2.11 bits per heavy atom. The van der Waals surface area contributed by atoms with Crippen molar-refractivity contribution >= 4 is 0 Å². The number of rotatable bonds is 6. The summed E-state index contributed by atoms with van der Waals surface area (Å²) in [7, 11) is 1.74. The molecule has 2 aliphatic rings. The van der Waals surface area contributed by atoms with Crippen LogP contribution in [-0.4, -0.2) is 37.7 Å². The van der Waals surface area contributed by atoms with Gasteiger partial charge in [-0.2, -0.15) is 0 Å². The van der Waals surface area contributed by atoms with Gasteiger partial charge in [-0.25, -0.2) is 0 Å². The molecule has 19 heavy (non-hydrogen) atoms. The molecule has 1 aromatic rings. The average Bonchev–Trinajstić information content (AvgIpc) is 3.19. The summed E-state index contributed by atoms with van der Waals surface area (Å²) < 4.78 is 5.38. The van der Waals surface area contributed by atoms with E-state index in [1.807, 2.05) is 12.1 Å². The molecule has 2 fully saturated rings. The molecule has 1 aromatic carbocycles. The van der Waals surface area contributed by atoms with Crippen molar-refractivity contribution in [3.8, 4) is 5.75 Å². The molecule has 3 heteroatoms. The van der Waals surface area contributed by atoms with Crippen molar-refractivity contribution in [2.24, 2.45) is 5.92 Å². The Kier molecular flexibility index (Phi) is 4.04. The van der Waals surface area contributed by atoms with Gasteiger partial charge in [0.2, 0.25) is 0 Å². The highest BCUT2D eigenvalue weighted by Crippen LogP contribution is 2.31. The number of nitrogens with one attached hydrogen (secondary N) is 1. The summed E-state index contributed by atoms with van der Waals surface area (Å²) >= 11 is 0. The predicted molar refractivity (Wildman–Crippen MR) is 77.4 cm³/mol. The van der Waals surface area contributed by atoms with E-state index in [9.17, 15) is 0 Å². The quantitative estimate of drug-likeness (QED) is 0.849. The molecule has 1 N–H and O–H groups in total. The number of hydrogen-bond donors (Lipinski definition) is 1. The van der Waals surface area contributed by atoms with E-state index in [-0.39, 0.29) is 0 Å². The molecule has 0 amide bonds. The fraction of sp³-hybridized carbons (Fsp3) is 0.625. The van der Waals surface area contributed by atoms with Crippen molar-refractivity contribution in [1.82, 2.24) is 10.2 Å². The first-order valence-corrected chi connectivity index (χ1v) is 7.43. The third kappa shape index (κ3) is 3.28. The minimum atomic E-state index is 0.829. The molecule has 0 radical (unpaired) electrons. The van der Waals surface area contributed by atoms with E-state index >= 15 is 0 Å². The SMILES string of the molecule is COc1ccccc1CNC[C@@H]1CCN(C2CC2)C1. The molecule has 1 aliphatic carbocycles. The summed E-state index contributed by atoms with van der Waals surface area (Å²) in [5.74, 6) is 1.82. The highest BCUT2D eigenvalue weighted by Gasteiger charge is 2.33. The highest BCUT2D eigenvalue weighted by atomic mass is 16.5. The average molecular weight is 260 g/mol. The number of nitrogens with zero attached hydrogens (tertiary/aromatic N) is 1.